The van der Waals surface area contributed by atoms with Crippen molar-refractivity contribution in [1.29, 1.82) is 0 Å². The van der Waals surface area contributed by atoms with Crippen molar-refractivity contribution in [1.82, 2.24) is 0 Å². The van der Waals surface area contributed by atoms with Gasteiger partial charge in [0.1, 0.15) is 21.7 Å². The number of carbonyl (C=O) groups excluding carboxylic acids is 1. The molecule has 0 amide bonds. The lowest BCUT2D eigenvalue weighted by molar-refractivity contribution is -0.437. The Bertz CT molecular complexity index is 2070. The summed E-state index contributed by atoms with van der Waals surface area (Å²) in [6.45, 7) is 10.4. The number of unbranched alkanes of at least 4 members (excludes halogenated alkanes) is 2. The first-order valence-electron chi connectivity index (χ1n) is 18.4. The van der Waals surface area contributed by atoms with Gasteiger partial charge in [-0.15, -0.1) is 8.42 Å². The van der Waals surface area contributed by atoms with E-state index in [4.69, 9.17) is 0 Å². The van der Waals surface area contributed by atoms with E-state index in [1.807, 2.05) is 62.7 Å². The standard InChI is InChI=1S/C39H52N2O10S4/c1-28(2)35(42)14-8-7-11-21-39(5)32-26-29(54(47)48)17-19-34(32)41(23-13-25-53(45)46)37(39)16-10-6-9-15-36-38(3,4)31-27-30(55(49,50)51)18-20-33(31)40(36)22-12-24-52(43)44/h6,9-10,15-20,26-28,52,54H,7-8,11-14,21-25H2,1-5H3,(H-3,43,44,45,46,47,48,49,50,51)/p-1. The average molecular weight is 836 g/mol. The number of rotatable bonds is 20. The number of anilines is 1. The van der Waals surface area contributed by atoms with Gasteiger partial charge >= 0.3 is 0 Å². The minimum atomic E-state index is -4.71. The van der Waals surface area contributed by atoms with E-state index >= 15 is 0 Å². The third-order valence-electron chi connectivity index (χ3n) is 10.5. The molecule has 4 atom stereocenters. The second-order valence-corrected chi connectivity index (χ2v) is 19.5. The van der Waals surface area contributed by atoms with Gasteiger partial charge in [0, 0.05) is 70.2 Å². The first kappa shape index (κ1) is 44.8. The number of allylic oxidation sites excluding steroid dienone is 6. The molecular formula is C39H51N2O10S4-. The van der Waals surface area contributed by atoms with Crippen LogP contribution in [0.25, 0.3) is 0 Å². The fourth-order valence-corrected chi connectivity index (χ4v) is 9.20. The molecule has 0 N–H and O–H groups in total. The van der Waals surface area contributed by atoms with Crippen molar-refractivity contribution < 1.29 is 48.6 Å². The minimum Gasteiger partial charge on any atom is -0.772 e. The van der Waals surface area contributed by atoms with E-state index in [0.717, 1.165) is 41.9 Å². The summed E-state index contributed by atoms with van der Waals surface area (Å²) in [5, 5.41) is 0. The van der Waals surface area contributed by atoms with Gasteiger partial charge in [-0.3, -0.25) is 9.00 Å². The Labute approximate surface area is 332 Å². The average Bonchev–Trinajstić information content (AvgIpc) is 3.45. The van der Waals surface area contributed by atoms with E-state index in [9.17, 15) is 44.1 Å². The van der Waals surface area contributed by atoms with Crippen molar-refractivity contribution in [3.63, 3.8) is 0 Å². The second kappa shape index (κ2) is 19.0. The molecule has 0 radical (unpaired) electrons. The van der Waals surface area contributed by atoms with Gasteiger partial charge in [-0.1, -0.05) is 56.0 Å². The summed E-state index contributed by atoms with van der Waals surface area (Å²) in [6.07, 6.45) is 13.5. The molecule has 2 heterocycles. The molecule has 2 aromatic rings. The number of hydrogen-bond donors (Lipinski definition) is 0. The highest BCUT2D eigenvalue weighted by Gasteiger charge is 2.45. The Hall–Kier alpha value is -2.96. The SMILES string of the molecule is CC(C)C(=O)CCCCCC1(C)\C(=C/C=C/C=C/C2=[N+](CCC[SH+](=O)[O-])c3ccc(S(=O)(=O)[O-])cc3C2(C)C)N(CCCS(=O)[O-])c2ccc([SH+](=O)[O-])cc21. The lowest BCUT2D eigenvalue weighted by atomic mass is 9.77. The highest BCUT2D eigenvalue weighted by atomic mass is 32.2. The molecule has 12 nitrogen and oxygen atoms in total. The normalized spacial score (nSPS) is 20.5. The van der Waals surface area contributed by atoms with Crippen molar-refractivity contribution >= 4 is 66.2 Å². The summed E-state index contributed by atoms with van der Waals surface area (Å²) in [5.41, 5.74) is 3.24. The van der Waals surface area contributed by atoms with Crippen LogP contribution in [0, 0.1) is 5.92 Å². The topological polar surface area (TPSA) is 201 Å². The quantitative estimate of drug-likeness (QED) is 0.0306. The molecule has 302 valence electrons. The van der Waals surface area contributed by atoms with Crippen LogP contribution in [0.3, 0.4) is 0 Å². The highest BCUT2D eigenvalue weighted by molar-refractivity contribution is 7.85. The molecule has 0 bridgehead atoms. The number of thiol groups is 2. The van der Waals surface area contributed by atoms with Gasteiger partial charge in [-0.2, -0.15) is 4.58 Å². The van der Waals surface area contributed by atoms with Crippen molar-refractivity contribution in [3.8, 4) is 0 Å². The zero-order chi connectivity index (χ0) is 40.7. The Balaban J connectivity index is 1.72. The van der Waals surface area contributed by atoms with Crippen LogP contribution in [0.1, 0.15) is 90.7 Å². The van der Waals surface area contributed by atoms with E-state index in [1.54, 1.807) is 24.3 Å². The van der Waals surface area contributed by atoms with Crippen LogP contribution in [0.5, 0.6) is 0 Å². The molecule has 2 aromatic carbocycles. The van der Waals surface area contributed by atoms with Crippen LogP contribution in [0.4, 0.5) is 11.4 Å². The zero-order valence-electron chi connectivity index (χ0n) is 31.9. The largest absolute Gasteiger partial charge is 0.772 e. The summed E-state index contributed by atoms with van der Waals surface area (Å²) >= 11 is -7.67. The Morgan fingerprint density at radius 3 is 2.33 bits per heavy atom. The number of nitrogens with zero attached hydrogens (tertiary/aromatic N) is 2. The maximum absolute atomic E-state index is 12.2. The van der Waals surface area contributed by atoms with Gasteiger partial charge in [0.05, 0.1) is 27.8 Å². The van der Waals surface area contributed by atoms with Crippen molar-refractivity contribution in [2.24, 2.45) is 5.92 Å². The number of carbonyl (C=O) groups is 1. The van der Waals surface area contributed by atoms with Gasteiger partial charge in [0.2, 0.25) is 5.69 Å². The molecule has 16 heteroatoms. The van der Waals surface area contributed by atoms with E-state index < -0.39 is 54.2 Å². The smallest absolute Gasteiger partial charge is 0.209 e. The fraction of sp³-hybridized carbons (Fsp3) is 0.487. The number of ketones is 1. The van der Waals surface area contributed by atoms with Crippen molar-refractivity contribution in [2.45, 2.75) is 100 Å². The second-order valence-electron chi connectivity index (χ2n) is 15.0. The van der Waals surface area contributed by atoms with E-state index in [0.29, 0.717) is 50.0 Å². The molecule has 2 aliphatic rings. The van der Waals surface area contributed by atoms with Gasteiger partial charge in [-0.25, -0.2) is 8.42 Å². The maximum Gasteiger partial charge on any atom is 0.209 e. The lowest BCUT2D eigenvalue weighted by Crippen LogP contribution is -2.30. The Morgan fingerprint density at radius 2 is 1.69 bits per heavy atom. The van der Waals surface area contributed by atoms with Gasteiger partial charge in [0.25, 0.3) is 0 Å². The van der Waals surface area contributed by atoms with Crippen LogP contribution in [-0.4, -0.2) is 71.5 Å². The number of fused-ring (bicyclic) bond motifs is 2. The number of hydrogen-bond acceptors (Lipinski definition) is 11. The molecule has 0 spiro atoms. The van der Waals surface area contributed by atoms with Crippen LogP contribution in [-0.2, 0) is 67.4 Å². The van der Waals surface area contributed by atoms with Crippen LogP contribution in [0.15, 0.2) is 82.3 Å². The minimum absolute atomic E-state index is 0.0235. The molecular weight excluding hydrogens is 785 g/mol. The first-order chi connectivity index (χ1) is 25.8. The molecule has 4 unspecified atom stereocenters. The van der Waals surface area contributed by atoms with Crippen LogP contribution >= 0.6 is 0 Å². The molecule has 0 aromatic heterocycles. The first-order valence-corrected chi connectivity index (χ1v) is 23.6. The van der Waals surface area contributed by atoms with Crippen LogP contribution < -0.4 is 4.90 Å². The third kappa shape index (κ3) is 10.9. The fourth-order valence-electron chi connectivity index (χ4n) is 7.51. The lowest BCUT2D eigenvalue weighted by Gasteiger charge is -2.30. The molecule has 4 rings (SSSR count). The highest BCUT2D eigenvalue weighted by Crippen LogP contribution is 2.51. The molecule has 0 aliphatic carbocycles. The van der Waals surface area contributed by atoms with Gasteiger partial charge in [0.15, 0.2) is 17.2 Å². The summed E-state index contributed by atoms with van der Waals surface area (Å²) in [6, 6.07) is 9.24. The molecule has 0 saturated heterocycles. The zero-order valence-corrected chi connectivity index (χ0v) is 35.3. The summed E-state index contributed by atoms with van der Waals surface area (Å²) in [5.74, 6) is 0.128. The third-order valence-corrected chi connectivity index (χ3v) is 13.3. The Kier molecular flexibility index (Phi) is 15.5. The van der Waals surface area contributed by atoms with Crippen molar-refractivity contribution in [3.05, 3.63) is 83.6 Å². The summed E-state index contributed by atoms with van der Waals surface area (Å²) < 4.78 is 107. The summed E-state index contributed by atoms with van der Waals surface area (Å²) in [7, 11) is -4.71. The predicted molar refractivity (Wildman–Crippen MR) is 214 cm³/mol. The number of Topliss-reactive ketones (excluding diaryl/α,β-unsaturated/α-hetero) is 1. The van der Waals surface area contributed by atoms with Gasteiger partial charge in [-0.05, 0) is 82.0 Å². The molecule has 2 aliphatic heterocycles. The predicted octanol–water partition coefficient (Wildman–Crippen LogP) is 5.59. The molecule has 0 fully saturated rings. The monoisotopic (exact) mass is 835 g/mol. The van der Waals surface area contributed by atoms with E-state index in [-0.39, 0.29) is 33.0 Å². The van der Waals surface area contributed by atoms with E-state index in [2.05, 4.69) is 11.8 Å². The molecule has 0 saturated carbocycles. The van der Waals surface area contributed by atoms with E-state index in [1.165, 1.54) is 12.1 Å². The van der Waals surface area contributed by atoms with Crippen molar-refractivity contribution in [2.75, 3.05) is 29.5 Å². The summed E-state index contributed by atoms with van der Waals surface area (Å²) in [4.78, 5) is 14.1. The van der Waals surface area contributed by atoms with Gasteiger partial charge < -0.3 is 23.1 Å². The van der Waals surface area contributed by atoms with Crippen LogP contribution in [0.2, 0.25) is 0 Å². The maximum atomic E-state index is 12.2. The molecule has 55 heavy (non-hydrogen) atoms. The Morgan fingerprint density at radius 1 is 0.964 bits per heavy atom. The number of benzene rings is 2.